The van der Waals surface area contributed by atoms with Gasteiger partial charge in [-0.15, -0.1) is 0 Å². The van der Waals surface area contributed by atoms with Gasteiger partial charge in [0, 0.05) is 12.6 Å². The Balaban J connectivity index is 2.30. The van der Waals surface area contributed by atoms with Crippen LogP contribution < -0.4 is 5.32 Å². The molecule has 0 spiro atoms. The summed E-state index contributed by atoms with van der Waals surface area (Å²) in [5.74, 6) is 0. The molecular formula is C8H18N2. The van der Waals surface area contributed by atoms with Gasteiger partial charge in [0.2, 0.25) is 0 Å². The van der Waals surface area contributed by atoms with Gasteiger partial charge in [0.25, 0.3) is 0 Å². The summed E-state index contributed by atoms with van der Waals surface area (Å²) in [6.45, 7) is 2.49. The van der Waals surface area contributed by atoms with Crippen molar-refractivity contribution in [1.29, 1.82) is 0 Å². The highest BCUT2D eigenvalue weighted by Gasteiger charge is 2.12. The molecule has 10 heavy (non-hydrogen) atoms. The molecule has 0 aromatic rings. The van der Waals surface area contributed by atoms with E-state index in [1.807, 2.05) is 0 Å². The van der Waals surface area contributed by atoms with Crippen LogP contribution in [0.4, 0.5) is 0 Å². The maximum Gasteiger partial charge on any atom is 0.0191 e. The van der Waals surface area contributed by atoms with Crippen LogP contribution in [0, 0.1) is 0 Å². The second kappa shape index (κ2) is 3.94. The van der Waals surface area contributed by atoms with Gasteiger partial charge in [0.05, 0.1) is 0 Å². The standard InChI is InChI=1S/C8H18N2/c1-9-8-5-3-4-6-10(2)7-8/h8-9H,3-7H2,1-2H3/t8-/m0/s1. The molecule has 1 atom stereocenters. The summed E-state index contributed by atoms with van der Waals surface area (Å²) in [7, 11) is 4.26. The minimum Gasteiger partial charge on any atom is -0.316 e. The van der Waals surface area contributed by atoms with Gasteiger partial charge in [-0.2, -0.15) is 0 Å². The molecule has 0 radical (unpaired) electrons. The summed E-state index contributed by atoms with van der Waals surface area (Å²) >= 11 is 0. The van der Waals surface area contributed by atoms with Gasteiger partial charge in [0.1, 0.15) is 0 Å². The summed E-state index contributed by atoms with van der Waals surface area (Å²) in [5, 5.41) is 3.33. The van der Waals surface area contributed by atoms with Crippen molar-refractivity contribution in [3.8, 4) is 0 Å². The molecule has 2 nitrogen and oxygen atoms in total. The number of hydrogen-bond acceptors (Lipinski definition) is 2. The SMILES string of the molecule is CN[C@H]1CCCCN(C)C1. The van der Waals surface area contributed by atoms with Crippen LogP contribution >= 0.6 is 0 Å². The third-order valence-corrected chi connectivity index (χ3v) is 2.28. The lowest BCUT2D eigenvalue weighted by Gasteiger charge is -2.18. The van der Waals surface area contributed by atoms with Gasteiger partial charge in [-0.05, 0) is 33.5 Å². The summed E-state index contributed by atoms with van der Waals surface area (Å²) in [5.41, 5.74) is 0. The van der Waals surface area contributed by atoms with Gasteiger partial charge in [-0.1, -0.05) is 6.42 Å². The first-order chi connectivity index (χ1) is 4.83. The number of likely N-dealkylation sites (N-methyl/N-ethyl adjacent to an activating group) is 2. The van der Waals surface area contributed by atoms with Crippen LogP contribution in [0.25, 0.3) is 0 Å². The van der Waals surface area contributed by atoms with Crippen molar-refractivity contribution in [1.82, 2.24) is 10.2 Å². The Morgan fingerprint density at radius 3 is 2.90 bits per heavy atom. The lowest BCUT2D eigenvalue weighted by molar-refractivity contribution is 0.317. The van der Waals surface area contributed by atoms with E-state index in [1.54, 1.807) is 0 Å². The molecule has 0 unspecified atom stereocenters. The van der Waals surface area contributed by atoms with Crippen molar-refractivity contribution in [3.63, 3.8) is 0 Å². The monoisotopic (exact) mass is 142 g/mol. The average Bonchev–Trinajstić information content (AvgIpc) is 2.13. The largest absolute Gasteiger partial charge is 0.316 e. The molecule has 0 bridgehead atoms. The Morgan fingerprint density at radius 2 is 2.20 bits per heavy atom. The minimum absolute atomic E-state index is 0.729. The second-order valence-electron chi connectivity index (χ2n) is 3.24. The van der Waals surface area contributed by atoms with Crippen molar-refractivity contribution in [2.24, 2.45) is 0 Å². The second-order valence-corrected chi connectivity index (χ2v) is 3.24. The van der Waals surface area contributed by atoms with Crippen LogP contribution in [-0.4, -0.2) is 38.1 Å². The molecule has 1 rings (SSSR count). The summed E-state index contributed by atoms with van der Waals surface area (Å²) in [6, 6.07) is 0.729. The van der Waals surface area contributed by atoms with E-state index in [0.29, 0.717) is 0 Å². The van der Waals surface area contributed by atoms with Crippen molar-refractivity contribution >= 4 is 0 Å². The first-order valence-electron chi connectivity index (χ1n) is 4.18. The summed E-state index contributed by atoms with van der Waals surface area (Å²) < 4.78 is 0. The normalized spacial score (nSPS) is 30.0. The molecule has 0 amide bonds. The Hall–Kier alpha value is -0.0800. The fourth-order valence-electron chi connectivity index (χ4n) is 1.57. The van der Waals surface area contributed by atoms with Gasteiger partial charge < -0.3 is 10.2 Å². The van der Waals surface area contributed by atoms with E-state index < -0.39 is 0 Å². The Bertz CT molecular complexity index is 93.3. The van der Waals surface area contributed by atoms with E-state index in [1.165, 1.54) is 32.4 Å². The minimum atomic E-state index is 0.729. The third-order valence-electron chi connectivity index (χ3n) is 2.28. The number of nitrogens with zero attached hydrogens (tertiary/aromatic N) is 1. The fraction of sp³-hybridized carbons (Fsp3) is 1.00. The Kier molecular flexibility index (Phi) is 3.16. The van der Waals surface area contributed by atoms with E-state index in [4.69, 9.17) is 0 Å². The number of hydrogen-bond donors (Lipinski definition) is 1. The molecule has 0 aromatic carbocycles. The zero-order valence-corrected chi connectivity index (χ0v) is 7.06. The van der Waals surface area contributed by atoms with E-state index in [2.05, 4.69) is 24.3 Å². The molecule has 0 aliphatic carbocycles. The van der Waals surface area contributed by atoms with Crippen molar-refractivity contribution < 1.29 is 0 Å². The van der Waals surface area contributed by atoms with Gasteiger partial charge in [-0.25, -0.2) is 0 Å². The maximum absolute atomic E-state index is 3.33. The highest BCUT2D eigenvalue weighted by atomic mass is 15.1. The molecule has 1 heterocycles. The zero-order valence-electron chi connectivity index (χ0n) is 7.06. The van der Waals surface area contributed by atoms with Crippen LogP contribution in [-0.2, 0) is 0 Å². The molecule has 2 heteroatoms. The zero-order chi connectivity index (χ0) is 7.40. The predicted octanol–water partition coefficient (Wildman–Crippen LogP) is 0.690. The highest BCUT2D eigenvalue weighted by molar-refractivity contribution is 4.72. The molecular weight excluding hydrogens is 124 g/mol. The Labute approximate surface area is 63.6 Å². The molecule has 1 saturated heterocycles. The molecule has 1 N–H and O–H groups in total. The number of rotatable bonds is 1. The first kappa shape index (κ1) is 8.02. The van der Waals surface area contributed by atoms with E-state index >= 15 is 0 Å². The molecule has 0 saturated carbocycles. The third kappa shape index (κ3) is 2.27. The molecule has 60 valence electrons. The molecule has 0 aromatic heterocycles. The molecule has 1 fully saturated rings. The quantitative estimate of drug-likeness (QED) is 0.579. The lowest BCUT2D eigenvalue weighted by Crippen LogP contribution is -2.35. The number of likely N-dealkylation sites (tertiary alicyclic amines) is 1. The lowest BCUT2D eigenvalue weighted by atomic mass is 10.1. The fourth-order valence-corrected chi connectivity index (χ4v) is 1.57. The molecule has 1 aliphatic heterocycles. The van der Waals surface area contributed by atoms with Crippen LogP contribution in [0.1, 0.15) is 19.3 Å². The predicted molar refractivity (Wildman–Crippen MR) is 44.2 cm³/mol. The summed E-state index contributed by atoms with van der Waals surface area (Å²) in [6.07, 6.45) is 4.10. The van der Waals surface area contributed by atoms with Gasteiger partial charge in [-0.3, -0.25) is 0 Å². The van der Waals surface area contributed by atoms with Crippen LogP contribution in [0.2, 0.25) is 0 Å². The van der Waals surface area contributed by atoms with Crippen LogP contribution in [0.3, 0.4) is 0 Å². The van der Waals surface area contributed by atoms with E-state index in [9.17, 15) is 0 Å². The van der Waals surface area contributed by atoms with Crippen LogP contribution in [0.15, 0.2) is 0 Å². The first-order valence-corrected chi connectivity index (χ1v) is 4.18. The molecule has 1 aliphatic rings. The van der Waals surface area contributed by atoms with Crippen molar-refractivity contribution in [3.05, 3.63) is 0 Å². The van der Waals surface area contributed by atoms with Crippen molar-refractivity contribution in [2.45, 2.75) is 25.3 Å². The van der Waals surface area contributed by atoms with Crippen molar-refractivity contribution in [2.75, 3.05) is 27.2 Å². The number of nitrogens with one attached hydrogen (secondary N) is 1. The average molecular weight is 142 g/mol. The van der Waals surface area contributed by atoms with Gasteiger partial charge >= 0.3 is 0 Å². The Morgan fingerprint density at radius 1 is 1.40 bits per heavy atom. The van der Waals surface area contributed by atoms with Gasteiger partial charge in [0.15, 0.2) is 0 Å². The van der Waals surface area contributed by atoms with E-state index in [-0.39, 0.29) is 0 Å². The topological polar surface area (TPSA) is 15.3 Å². The van der Waals surface area contributed by atoms with E-state index in [0.717, 1.165) is 6.04 Å². The van der Waals surface area contributed by atoms with Crippen LogP contribution in [0.5, 0.6) is 0 Å². The highest BCUT2D eigenvalue weighted by Crippen LogP contribution is 2.07. The smallest absolute Gasteiger partial charge is 0.0191 e. The summed E-state index contributed by atoms with van der Waals surface area (Å²) in [4.78, 5) is 2.41. The maximum atomic E-state index is 3.33.